The van der Waals surface area contributed by atoms with Gasteiger partial charge < -0.3 is 10.6 Å². The molecule has 0 atom stereocenters. The Balaban J connectivity index is 2.18. The topological polar surface area (TPSA) is 29.3 Å². The van der Waals surface area contributed by atoms with Crippen LogP contribution in [-0.2, 0) is 0 Å². The smallest absolute Gasteiger partial charge is 0.0428 e. The number of benzene rings is 1. The molecule has 2 N–H and O–H groups in total. The predicted molar refractivity (Wildman–Crippen MR) is 55.2 cm³/mol. The number of hydrogen-bond acceptors (Lipinski definition) is 2. The molecule has 0 aliphatic carbocycles. The first-order chi connectivity index (χ1) is 6.36. The summed E-state index contributed by atoms with van der Waals surface area (Å²) in [4.78, 5) is 2.15. The highest BCUT2D eigenvalue weighted by atomic mass is 15.1. The zero-order valence-corrected chi connectivity index (χ0v) is 7.35. The Kier molecular flexibility index (Phi) is 2.04. The Morgan fingerprint density at radius 2 is 1.92 bits per heavy atom. The number of para-hydroxylation sites is 1. The van der Waals surface area contributed by atoms with E-state index in [-0.39, 0.29) is 0 Å². The molecule has 2 nitrogen and oxygen atoms in total. The third-order valence-corrected chi connectivity index (χ3v) is 2.06. The molecule has 0 saturated heterocycles. The van der Waals surface area contributed by atoms with Crippen LogP contribution in [-0.4, -0.2) is 6.54 Å². The van der Waals surface area contributed by atoms with Gasteiger partial charge in [0.05, 0.1) is 0 Å². The van der Waals surface area contributed by atoms with Gasteiger partial charge in [0, 0.05) is 24.1 Å². The minimum atomic E-state index is 0.840. The minimum absolute atomic E-state index is 0.840. The van der Waals surface area contributed by atoms with Gasteiger partial charge in [-0.1, -0.05) is 18.2 Å². The van der Waals surface area contributed by atoms with Gasteiger partial charge in [-0.3, -0.25) is 0 Å². The maximum Gasteiger partial charge on any atom is 0.0428 e. The second-order valence-electron chi connectivity index (χ2n) is 3.01. The van der Waals surface area contributed by atoms with Gasteiger partial charge in [-0.2, -0.15) is 0 Å². The number of anilines is 1. The van der Waals surface area contributed by atoms with E-state index in [0.29, 0.717) is 0 Å². The molecule has 1 heterocycles. The molecule has 2 rings (SSSR count). The van der Waals surface area contributed by atoms with Gasteiger partial charge in [-0.05, 0) is 24.3 Å². The molecular weight excluding hydrogens is 160 g/mol. The van der Waals surface area contributed by atoms with Crippen LogP contribution in [0, 0.1) is 0 Å². The molecular formula is C11H12N2. The van der Waals surface area contributed by atoms with Crippen molar-refractivity contribution in [1.29, 1.82) is 0 Å². The quantitative estimate of drug-likeness (QED) is 0.700. The van der Waals surface area contributed by atoms with E-state index in [1.54, 1.807) is 0 Å². The van der Waals surface area contributed by atoms with Crippen LogP contribution in [0.2, 0.25) is 0 Å². The molecule has 13 heavy (non-hydrogen) atoms. The molecule has 66 valence electrons. The van der Waals surface area contributed by atoms with Crippen molar-refractivity contribution >= 4 is 5.69 Å². The minimum Gasteiger partial charge on any atom is -0.399 e. The van der Waals surface area contributed by atoms with Crippen LogP contribution in [0.15, 0.2) is 54.4 Å². The summed E-state index contributed by atoms with van der Waals surface area (Å²) in [7, 11) is 0. The van der Waals surface area contributed by atoms with E-state index in [4.69, 9.17) is 5.73 Å². The fraction of sp³-hybridized carbons (Fsp3) is 0.0909. The van der Waals surface area contributed by atoms with Crippen molar-refractivity contribution in [1.82, 2.24) is 0 Å². The molecule has 1 aliphatic heterocycles. The van der Waals surface area contributed by atoms with Gasteiger partial charge >= 0.3 is 0 Å². The molecule has 0 saturated carbocycles. The van der Waals surface area contributed by atoms with Crippen LogP contribution in [0.1, 0.15) is 0 Å². The molecule has 0 spiro atoms. The maximum absolute atomic E-state index is 5.62. The second kappa shape index (κ2) is 3.35. The van der Waals surface area contributed by atoms with E-state index < -0.39 is 0 Å². The van der Waals surface area contributed by atoms with Gasteiger partial charge in [0.1, 0.15) is 0 Å². The highest BCUT2D eigenvalue weighted by Gasteiger charge is 2.03. The monoisotopic (exact) mass is 172 g/mol. The summed E-state index contributed by atoms with van der Waals surface area (Å²) in [6, 6.07) is 10.2. The predicted octanol–water partition coefficient (Wildman–Crippen LogP) is 1.86. The van der Waals surface area contributed by atoms with Crippen molar-refractivity contribution in [2.45, 2.75) is 0 Å². The average Bonchev–Trinajstić information content (AvgIpc) is 2.20. The zero-order valence-electron chi connectivity index (χ0n) is 7.35. The molecule has 0 radical (unpaired) electrons. The van der Waals surface area contributed by atoms with Crippen molar-refractivity contribution in [2.75, 3.05) is 11.4 Å². The lowest BCUT2D eigenvalue weighted by atomic mass is 10.2. The van der Waals surface area contributed by atoms with Gasteiger partial charge in [0.25, 0.3) is 0 Å². The van der Waals surface area contributed by atoms with Gasteiger partial charge in [-0.15, -0.1) is 0 Å². The fourth-order valence-electron chi connectivity index (χ4n) is 1.32. The molecule has 1 aliphatic rings. The zero-order chi connectivity index (χ0) is 9.10. The summed E-state index contributed by atoms with van der Waals surface area (Å²) in [6.45, 7) is 0.854. The van der Waals surface area contributed by atoms with E-state index in [9.17, 15) is 0 Å². The van der Waals surface area contributed by atoms with Crippen molar-refractivity contribution in [2.24, 2.45) is 5.73 Å². The van der Waals surface area contributed by atoms with Crippen LogP contribution in [0.4, 0.5) is 5.69 Å². The van der Waals surface area contributed by atoms with Crippen molar-refractivity contribution in [3.05, 3.63) is 54.4 Å². The highest BCUT2D eigenvalue weighted by Crippen LogP contribution is 2.15. The lowest BCUT2D eigenvalue weighted by molar-refractivity contribution is 1.05. The summed E-state index contributed by atoms with van der Waals surface area (Å²) in [5.41, 5.74) is 7.66. The van der Waals surface area contributed by atoms with Gasteiger partial charge in [0.15, 0.2) is 0 Å². The van der Waals surface area contributed by atoms with Crippen molar-refractivity contribution in [3.63, 3.8) is 0 Å². The number of allylic oxidation sites excluding steroid dienone is 1. The Bertz CT molecular complexity index is 338. The molecule has 1 aromatic rings. The largest absolute Gasteiger partial charge is 0.399 e. The SMILES string of the molecule is NC1=CCN(c2ccccc2)C=C1. The summed E-state index contributed by atoms with van der Waals surface area (Å²) < 4.78 is 0. The summed E-state index contributed by atoms with van der Waals surface area (Å²) in [5, 5.41) is 0. The number of rotatable bonds is 1. The average molecular weight is 172 g/mol. The highest BCUT2D eigenvalue weighted by molar-refractivity contribution is 5.51. The standard InChI is InChI=1S/C11H12N2/c12-10-6-8-13(9-7-10)11-4-2-1-3-5-11/h1-8H,9,12H2. The van der Waals surface area contributed by atoms with Gasteiger partial charge in [0.2, 0.25) is 0 Å². The summed E-state index contributed by atoms with van der Waals surface area (Å²) >= 11 is 0. The Hall–Kier alpha value is -1.70. The van der Waals surface area contributed by atoms with Crippen molar-refractivity contribution < 1.29 is 0 Å². The van der Waals surface area contributed by atoms with E-state index in [2.05, 4.69) is 17.0 Å². The second-order valence-corrected chi connectivity index (χ2v) is 3.01. The Morgan fingerprint density at radius 3 is 2.54 bits per heavy atom. The maximum atomic E-state index is 5.62. The first kappa shape index (κ1) is 7.92. The molecule has 0 amide bonds. The Morgan fingerprint density at radius 1 is 1.15 bits per heavy atom. The summed E-state index contributed by atoms with van der Waals surface area (Å²) in [5.74, 6) is 0. The summed E-state index contributed by atoms with van der Waals surface area (Å²) in [6.07, 6.45) is 5.92. The molecule has 0 aromatic heterocycles. The molecule has 0 unspecified atom stereocenters. The Labute approximate surface area is 78.0 Å². The molecule has 0 bridgehead atoms. The lowest BCUT2D eigenvalue weighted by Gasteiger charge is -2.21. The number of nitrogens with zero attached hydrogens (tertiary/aromatic N) is 1. The van der Waals surface area contributed by atoms with E-state index in [0.717, 1.165) is 12.2 Å². The first-order valence-electron chi connectivity index (χ1n) is 4.32. The fourth-order valence-corrected chi connectivity index (χ4v) is 1.32. The van der Waals surface area contributed by atoms with Gasteiger partial charge in [-0.25, -0.2) is 0 Å². The molecule has 1 aromatic carbocycles. The van der Waals surface area contributed by atoms with Crippen molar-refractivity contribution in [3.8, 4) is 0 Å². The van der Waals surface area contributed by atoms with E-state index >= 15 is 0 Å². The first-order valence-corrected chi connectivity index (χ1v) is 4.32. The van der Waals surface area contributed by atoms with E-state index in [1.165, 1.54) is 5.69 Å². The number of hydrogen-bond donors (Lipinski definition) is 1. The van der Waals surface area contributed by atoms with Crippen LogP contribution >= 0.6 is 0 Å². The van der Waals surface area contributed by atoms with Crippen LogP contribution in [0.25, 0.3) is 0 Å². The van der Waals surface area contributed by atoms with Crippen LogP contribution in [0.5, 0.6) is 0 Å². The van der Waals surface area contributed by atoms with Crippen LogP contribution < -0.4 is 10.6 Å². The van der Waals surface area contributed by atoms with E-state index in [1.807, 2.05) is 36.6 Å². The third kappa shape index (κ3) is 1.72. The van der Waals surface area contributed by atoms with Crippen LogP contribution in [0.3, 0.4) is 0 Å². The number of nitrogens with two attached hydrogens (primary N) is 1. The lowest BCUT2D eigenvalue weighted by Crippen LogP contribution is -2.20. The molecule has 2 heteroatoms. The third-order valence-electron chi connectivity index (χ3n) is 2.06. The normalized spacial score (nSPS) is 15.7. The molecule has 0 fully saturated rings.